The van der Waals surface area contributed by atoms with Gasteiger partial charge in [-0.1, -0.05) is 0 Å². The Morgan fingerprint density at radius 3 is 2.52 bits per heavy atom. The summed E-state index contributed by atoms with van der Waals surface area (Å²) in [5, 5.41) is 0. The van der Waals surface area contributed by atoms with Crippen LogP contribution in [0.4, 0.5) is 17.7 Å². The van der Waals surface area contributed by atoms with Gasteiger partial charge in [0, 0.05) is 56.2 Å². The number of anilines is 3. The number of carbonyl (C=O) groups excluding carboxylic acids is 1. The zero-order chi connectivity index (χ0) is 22.6. The minimum Gasteiger partial charge on any atom is -0.378 e. The summed E-state index contributed by atoms with van der Waals surface area (Å²) in [7, 11) is 0. The predicted octanol–water partition coefficient (Wildman–Crippen LogP) is 0.911. The molecule has 2 N–H and O–H groups in total. The lowest BCUT2D eigenvalue weighted by molar-refractivity contribution is -0.113. The van der Waals surface area contributed by atoms with Crippen LogP contribution in [-0.2, 0) is 16.0 Å². The summed E-state index contributed by atoms with van der Waals surface area (Å²) in [5.74, 6) is 1.97. The monoisotopic (exact) mass is 450 g/mol. The first-order chi connectivity index (χ1) is 16.0. The highest BCUT2D eigenvalue weighted by molar-refractivity contribution is 5.73. The molecule has 1 aliphatic carbocycles. The lowest BCUT2D eigenvalue weighted by atomic mass is 9.99. The van der Waals surface area contributed by atoms with Crippen LogP contribution < -0.4 is 15.5 Å². The Labute approximate surface area is 193 Å². The van der Waals surface area contributed by atoms with Crippen LogP contribution in [0.25, 0.3) is 11.3 Å². The van der Waals surface area contributed by atoms with Gasteiger partial charge in [0.25, 0.3) is 0 Å². The zero-order valence-electron chi connectivity index (χ0n) is 19.0. The maximum absolute atomic E-state index is 11.7. The molecule has 3 aliphatic heterocycles. The number of nitrogen functional groups attached to an aromatic ring is 1. The number of rotatable bonds is 5. The molecular weight excluding hydrogens is 420 g/mol. The third-order valence-electron chi connectivity index (χ3n) is 7.77. The largest absolute Gasteiger partial charge is 0.378 e. The van der Waals surface area contributed by atoms with Crippen molar-refractivity contribution in [3.63, 3.8) is 0 Å². The van der Waals surface area contributed by atoms with Crippen molar-refractivity contribution in [2.45, 2.75) is 43.7 Å². The van der Waals surface area contributed by atoms with E-state index in [-0.39, 0.29) is 17.0 Å². The SMILES string of the molecule is C[C@]1(N2CCc3c(-c4cnc(N)nc4)nc(N4CCOCC4)nc32)CCN(C2(C=O)CC2)C1. The fourth-order valence-electron chi connectivity index (χ4n) is 5.56. The summed E-state index contributed by atoms with van der Waals surface area (Å²) < 4.78 is 5.54. The zero-order valence-corrected chi connectivity index (χ0v) is 19.0. The molecule has 1 atom stereocenters. The van der Waals surface area contributed by atoms with E-state index >= 15 is 0 Å². The van der Waals surface area contributed by atoms with Gasteiger partial charge in [0.1, 0.15) is 12.1 Å². The number of hydrogen-bond donors (Lipinski definition) is 1. The highest BCUT2D eigenvalue weighted by Gasteiger charge is 2.54. The second-order valence-electron chi connectivity index (χ2n) is 9.90. The topological polar surface area (TPSA) is 114 Å². The van der Waals surface area contributed by atoms with Crippen LogP contribution in [0.1, 0.15) is 31.7 Å². The van der Waals surface area contributed by atoms with Crippen molar-refractivity contribution < 1.29 is 9.53 Å². The molecule has 1 saturated carbocycles. The minimum absolute atomic E-state index is 0.0740. The molecule has 0 unspecified atom stereocenters. The molecule has 0 amide bonds. The lowest BCUT2D eigenvalue weighted by Gasteiger charge is -2.38. The van der Waals surface area contributed by atoms with E-state index < -0.39 is 0 Å². The van der Waals surface area contributed by atoms with E-state index in [0.717, 1.165) is 93.3 Å². The minimum atomic E-state index is -0.225. The first kappa shape index (κ1) is 20.7. The van der Waals surface area contributed by atoms with Gasteiger partial charge in [0.05, 0.1) is 30.0 Å². The Kier molecular flexibility index (Phi) is 4.77. The lowest BCUT2D eigenvalue weighted by Crippen LogP contribution is -2.50. The van der Waals surface area contributed by atoms with Gasteiger partial charge in [-0.05, 0) is 32.6 Å². The van der Waals surface area contributed by atoms with Gasteiger partial charge in [-0.2, -0.15) is 4.98 Å². The quantitative estimate of drug-likeness (QED) is 0.659. The average molecular weight is 451 g/mol. The molecule has 174 valence electrons. The maximum Gasteiger partial charge on any atom is 0.228 e. The summed E-state index contributed by atoms with van der Waals surface area (Å²) in [4.78, 5) is 37.3. The van der Waals surface area contributed by atoms with Gasteiger partial charge in [0.2, 0.25) is 11.9 Å². The van der Waals surface area contributed by atoms with Crippen molar-refractivity contribution in [3.05, 3.63) is 18.0 Å². The van der Waals surface area contributed by atoms with Gasteiger partial charge in [-0.3, -0.25) is 4.90 Å². The van der Waals surface area contributed by atoms with Crippen molar-refractivity contribution in [2.75, 3.05) is 61.5 Å². The Morgan fingerprint density at radius 1 is 1.06 bits per heavy atom. The smallest absolute Gasteiger partial charge is 0.228 e. The summed E-state index contributed by atoms with van der Waals surface area (Å²) >= 11 is 0. The highest BCUT2D eigenvalue weighted by Crippen LogP contribution is 2.47. The molecular formula is C23H30N8O2. The molecule has 0 aromatic carbocycles. The van der Waals surface area contributed by atoms with E-state index in [1.807, 2.05) is 0 Å². The number of aromatic nitrogens is 4. The van der Waals surface area contributed by atoms with Crippen LogP contribution in [0.15, 0.2) is 12.4 Å². The summed E-state index contributed by atoms with van der Waals surface area (Å²) in [6, 6.07) is 0. The number of carbonyl (C=O) groups is 1. The standard InChI is InChI=1S/C23H30N8O2/c1-22(5-7-30(14-22)23(15-32)3-4-23)31-6-2-17-18(16-12-25-20(24)26-13-16)27-21(28-19(17)31)29-8-10-33-11-9-29/h12-13,15H,2-11,14H2,1H3,(H2,24,25,26)/t22-/m0/s1. The molecule has 6 rings (SSSR count). The van der Waals surface area contributed by atoms with Crippen LogP contribution in [0, 0.1) is 0 Å². The average Bonchev–Trinajstić information content (AvgIpc) is 3.35. The maximum atomic E-state index is 11.7. The van der Waals surface area contributed by atoms with Crippen LogP contribution >= 0.6 is 0 Å². The normalized spacial score (nSPS) is 26.5. The molecule has 0 radical (unpaired) electrons. The molecule has 2 aromatic rings. The molecule has 0 spiro atoms. The molecule has 5 heterocycles. The van der Waals surface area contributed by atoms with Crippen molar-refractivity contribution >= 4 is 24.0 Å². The summed E-state index contributed by atoms with van der Waals surface area (Å²) in [6.07, 6.45) is 8.50. The van der Waals surface area contributed by atoms with E-state index in [1.54, 1.807) is 12.4 Å². The fraction of sp³-hybridized carbons (Fsp3) is 0.609. The van der Waals surface area contributed by atoms with Crippen LogP contribution in [0.5, 0.6) is 0 Å². The van der Waals surface area contributed by atoms with E-state index in [1.165, 1.54) is 0 Å². The van der Waals surface area contributed by atoms with Crippen molar-refractivity contribution in [2.24, 2.45) is 0 Å². The van der Waals surface area contributed by atoms with E-state index in [9.17, 15) is 4.79 Å². The van der Waals surface area contributed by atoms with Gasteiger partial charge < -0.3 is 25.1 Å². The fourth-order valence-corrected chi connectivity index (χ4v) is 5.56. The van der Waals surface area contributed by atoms with Gasteiger partial charge in [-0.25, -0.2) is 15.0 Å². The predicted molar refractivity (Wildman–Crippen MR) is 124 cm³/mol. The number of ether oxygens (including phenoxy) is 1. The Hall–Kier alpha value is -2.85. The first-order valence-corrected chi connectivity index (χ1v) is 11.8. The molecule has 2 aromatic heterocycles. The third-order valence-corrected chi connectivity index (χ3v) is 7.77. The first-order valence-electron chi connectivity index (χ1n) is 11.8. The van der Waals surface area contributed by atoms with E-state index in [2.05, 4.69) is 31.6 Å². The number of aldehydes is 1. The number of likely N-dealkylation sites (tertiary alicyclic amines) is 1. The van der Waals surface area contributed by atoms with Crippen molar-refractivity contribution in [1.29, 1.82) is 0 Å². The number of hydrogen-bond acceptors (Lipinski definition) is 10. The second-order valence-corrected chi connectivity index (χ2v) is 9.90. The highest BCUT2D eigenvalue weighted by atomic mass is 16.5. The van der Waals surface area contributed by atoms with Gasteiger partial charge >= 0.3 is 0 Å². The Morgan fingerprint density at radius 2 is 1.82 bits per heavy atom. The molecule has 2 saturated heterocycles. The van der Waals surface area contributed by atoms with Gasteiger partial charge in [0.15, 0.2) is 0 Å². The van der Waals surface area contributed by atoms with E-state index in [0.29, 0.717) is 13.2 Å². The molecule has 10 heteroatoms. The number of nitrogens with two attached hydrogens (primary N) is 1. The molecule has 4 aliphatic rings. The Balaban J connectivity index is 1.39. The van der Waals surface area contributed by atoms with Crippen LogP contribution in [0.3, 0.4) is 0 Å². The van der Waals surface area contributed by atoms with Gasteiger partial charge in [-0.15, -0.1) is 0 Å². The third kappa shape index (κ3) is 3.43. The number of nitrogens with zero attached hydrogens (tertiary/aromatic N) is 7. The van der Waals surface area contributed by atoms with E-state index in [4.69, 9.17) is 20.4 Å². The molecule has 0 bridgehead atoms. The summed E-state index contributed by atoms with van der Waals surface area (Å²) in [6.45, 7) is 7.90. The van der Waals surface area contributed by atoms with Crippen LogP contribution in [-0.4, -0.2) is 88.1 Å². The molecule has 10 nitrogen and oxygen atoms in total. The Bertz CT molecular complexity index is 1070. The molecule has 3 fully saturated rings. The molecule has 33 heavy (non-hydrogen) atoms. The number of fused-ring (bicyclic) bond motifs is 1. The van der Waals surface area contributed by atoms with Crippen molar-refractivity contribution in [3.8, 4) is 11.3 Å². The van der Waals surface area contributed by atoms with Crippen LogP contribution in [0.2, 0.25) is 0 Å². The van der Waals surface area contributed by atoms with Crippen molar-refractivity contribution in [1.82, 2.24) is 24.8 Å². The number of morpholine rings is 1. The summed E-state index contributed by atoms with van der Waals surface area (Å²) in [5.41, 5.74) is 8.31. The second kappa shape index (κ2) is 7.59.